The van der Waals surface area contributed by atoms with Gasteiger partial charge < -0.3 is 20.5 Å². The number of benzene rings is 3. The van der Waals surface area contributed by atoms with Gasteiger partial charge in [0.05, 0.1) is 49.8 Å². The SMILES string of the molecule is COc1ccc(-c2csc(NC(=O)CSc3cccc(NC(=O)c4c(Cl)c(Cl)c(Cl)c(Cl)c4C(=O)O)c3)n2)cc1. The van der Waals surface area contributed by atoms with Crippen molar-refractivity contribution in [2.75, 3.05) is 23.5 Å². The van der Waals surface area contributed by atoms with E-state index < -0.39 is 28.0 Å². The van der Waals surface area contributed by atoms with Gasteiger partial charge in [0.2, 0.25) is 5.91 Å². The van der Waals surface area contributed by atoms with Crippen LogP contribution in [0.25, 0.3) is 11.3 Å². The third-order valence-corrected chi connectivity index (χ3v) is 8.86. The number of amides is 2. The van der Waals surface area contributed by atoms with E-state index >= 15 is 0 Å². The van der Waals surface area contributed by atoms with Crippen LogP contribution >= 0.6 is 69.5 Å². The number of ether oxygens (including phenoxy) is 1. The summed E-state index contributed by atoms with van der Waals surface area (Å²) < 4.78 is 5.16. The zero-order valence-electron chi connectivity index (χ0n) is 20.3. The maximum Gasteiger partial charge on any atom is 0.338 e. The van der Waals surface area contributed by atoms with Crippen molar-refractivity contribution in [1.29, 1.82) is 0 Å². The summed E-state index contributed by atoms with van der Waals surface area (Å²) in [5.41, 5.74) is 0.954. The first-order valence-corrected chi connectivity index (χ1v) is 14.5. The van der Waals surface area contributed by atoms with Crippen molar-refractivity contribution in [1.82, 2.24) is 4.98 Å². The first-order chi connectivity index (χ1) is 19.1. The molecule has 1 heterocycles. The summed E-state index contributed by atoms with van der Waals surface area (Å²) in [7, 11) is 1.59. The predicted octanol–water partition coefficient (Wildman–Crippen LogP) is 8.11. The Labute approximate surface area is 256 Å². The number of methoxy groups -OCH3 is 1. The Morgan fingerprint density at radius 1 is 0.950 bits per heavy atom. The molecule has 0 aliphatic heterocycles. The quantitative estimate of drug-likeness (QED) is 0.0946. The van der Waals surface area contributed by atoms with Crippen molar-refractivity contribution in [2.24, 2.45) is 0 Å². The Hall–Kier alpha value is -2.99. The molecule has 0 spiro atoms. The number of carboxylic acid groups (broad SMARTS) is 1. The zero-order valence-corrected chi connectivity index (χ0v) is 24.9. The first-order valence-electron chi connectivity index (χ1n) is 11.1. The lowest BCUT2D eigenvalue weighted by Gasteiger charge is -2.14. The summed E-state index contributed by atoms with van der Waals surface area (Å²) in [5.74, 6) is -1.80. The number of aromatic nitrogens is 1. The average Bonchev–Trinajstić information content (AvgIpc) is 3.40. The molecule has 4 aromatic rings. The van der Waals surface area contributed by atoms with Crippen LogP contribution in [0, 0.1) is 0 Å². The van der Waals surface area contributed by atoms with Crippen LogP contribution in [0.4, 0.5) is 10.8 Å². The Morgan fingerprint density at radius 2 is 1.62 bits per heavy atom. The first kappa shape index (κ1) is 30.0. The topological polar surface area (TPSA) is 118 Å². The van der Waals surface area contributed by atoms with Gasteiger partial charge in [0.1, 0.15) is 5.75 Å². The summed E-state index contributed by atoms with van der Waals surface area (Å²) in [5, 5.41) is 16.0. The second-order valence-electron chi connectivity index (χ2n) is 7.90. The zero-order chi connectivity index (χ0) is 29.0. The van der Waals surface area contributed by atoms with Gasteiger partial charge in [-0.2, -0.15) is 0 Å². The van der Waals surface area contributed by atoms with Gasteiger partial charge in [0.15, 0.2) is 5.13 Å². The molecule has 14 heteroatoms. The normalized spacial score (nSPS) is 10.7. The lowest BCUT2D eigenvalue weighted by atomic mass is 10.1. The van der Waals surface area contributed by atoms with E-state index in [0.29, 0.717) is 15.7 Å². The van der Waals surface area contributed by atoms with Gasteiger partial charge in [0.25, 0.3) is 5.91 Å². The summed E-state index contributed by atoms with van der Waals surface area (Å²) in [6, 6.07) is 14.1. The van der Waals surface area contributed by atoms with Crippen molar-refractivity contribution in [2.45, 2.75) is 4.90 Å². The highest BCUT2D eigenvalue weighted by Gasteiger charge is 2.29. The Balaban J connectivity index is 1.40. The van der Waals surface area contributed by atoms with Crippen LogP contribution in [0.3, 0.4) is 0 Å². The number of nitrogens with zero attached hydrogens (tertiary/aromatic N) is 1. The summed E-state index contributed by atoms with van der Waals surface area (Å²) >= 11 is 26.7. The molecule has 0 saturated carbocycles. The van der Waals surface area contributed by atoms with Crippen LogP contribution in [0.15, 0.2) is 58.8 Å². The van der Waals surface area contributed by atoms with Crippen molar-refractivity contribution >= 4 is 98.1 Å². The van der Waals surface area contributed by atoms with Crippen LogP contribution in [0.1, 0.15) is 20.7 Å². The number of rotatable bonds is 9. The van der Waals surface area contributed by atoms with E-state index in [4.69, 9.17) is 51.1 Å². The number of carbonyl (C=O) groups excluding carboxylic acids is 2. The minimum absolute atomic E-state index is 0.0756. The number of nitrogens with one attached hydrogen (secondary N) is 2. The van der Waals surface area contributed by atoms with Gasteiger partial charge in [-0.05, 0) is 42.5 Å². The largest absolute Gasteiger partial charge is 0.497 e. The van der Waals surface area contributed by atoms with Crippen LogP contribution < -0.4 is 15.4 Å². The summed E-state index contributed by atoms with van der Waals surface area (Å²) in [4.78, 5) is 42.4. The fourth-order valence-corrected chi connectivity index (χ4v) is 5.94. The molecule has 0 radical (unpaired) electrons. The number of carboxylic acids is 1. The molecular weight excluding hydrogens is 640 g/mol. The predicted molar refractivity (Wildman–Crippen MR) is 161 cm³/mol. The average molecular weight is 657 g/mol. The number of thioether (sulfide) groups is 1. The standard InChI is InChI=1S/C26H17Cl4N3O5S2/c1-38-14-7-5-12(6-8-14)16-10-40-26(32-16)33-17(34)11-39-15-4-2-3-13(9-15)31-24(35)18-19(25(36)37)21(28)23(30)22(29)20(18)27/h2-10H,11H2,1H3,(H,31,35)(H,36,37)(H,32,33,34). The molecule has 0 fully saturated rings. The van der Waals surface area contributed by atoms with Crippen LogP contribution in [-0.4, -0.2) is 40.7 Å². The maximum atomic E-state index is 13.0. The fraction of sp³-hybridized carbons (Fsp3) is 0.0769. The Kier molecular flexibility index (Phi) is 9.83. The highest BCUT2D eigenvalue weighted by molar-refractivity contribution is 8.00. The van der Waals surface area contributed by atoms with Crippen LogP contribution in [0.2, 0.25) is 20.1 Å². The van der Waals surface area contributed by atoms with E-state index in [1.54, 1.807) is 31.4 Å². The maximum absolute atomic E-state index is 13.0. The van der Waals surface area contributed by atoms with Crippen molar-refractivity contribution < 1.29 is 24.2 Å². The third kappa shape index (κ3) is 6.83. The minimum atomic E-state index is -1.50. The van der Waals surface area contributed by atoms with Gasteiger partial charge in [0, 0.05) is 21.5 Å². The molecule has 2 amide bonds. The number of hydrogen-bond donors (Lipinski definition) is 3. The lowest BCUT2D eigenvalue weighted by molar-refractivity contribution is -0.113. The number of thiazole rings is 1. The molecule has 0 aliphatic rings. The van der Waals surface area contributed by atoms with E-state index in [-0.39, 0.29) is 26.7 Å². The molecule has 3 aromatic carbocycles. The molecule has 0 unspecified atom stereocenters. The highest BCUT2D eigenvalue weighted by Crippen LogP contribution is 2.42. The van der Waals surface area contributed by atoms with E-state index in [1.807, 2.05) is 29.6 Å². The molecule has 3 N–H and O–H groups in total. The summed E-state index contributed by atoms with van der Waals surface area (Å²) in [6.45, 7) is 0. The molecule has 0 atom stereocenters. The van der Waals surface area contributed by atoms with Crippen molar-refractivity contribution in [3.8, 4) is 17.0 Å². The van der Waals surface area contributed by atoms with Gasteiger partial charge in [-0.25, -0.2) is 9.78 Å². The second kappa shape index (κ2) is 13.1. The van der Waals surface area contributed by atoms with Crippen molar-refractivity contribution in [3.63, 3.8) is 0 Å². The molecule has 0 saturated heterocycles. The minimum Gasteiger partial charge on any atom is -0.497 e. The van der Waals surface area contributed by atoms with Crippen molar-refractivity contribution in [3.05, 3.63) is 85.1 Å². The van der Waals surface area contributed by atoms with E-state index in [1.165, 1.54) is 23.1 Å². The number of carbonyl (C=O) groups is 3. The lowest BCUT2D eigenvalue weighted by Crippen LogP contribution is -2.18. The van der Waals surface area contributed by atoms with Gasteiger partial charge in [-0.15, -0.1) is 23.1 Å². The molecule has 1 aromatic heterocycles. The molecular formula is C26H17Cl4N3O5S2. The smallest absolute Gasteiger partial charge is 0.338 e. The molecule has 0 aliphatic carbocycles. The molecule has 0 bridgehead atoms. The molecule has 4 rings (SSSR count). The number of anilines is 2. The second-order valence-corrected chi connectivity index (χ2v) is 11.3. The van der Waals surface area contributed by atoms with Crippen LogP contribution in [-0.2, 0) is 4.79 Å². The van der Waals surface area contributed by atoms with Gasteiger partial charge >= 0.3 is 5.97 Å². The van der Waals surface area contributed by atoms with E-state index in [9.17, 15) is 19.5 Å². The van der Waals surface area contributed by atoms with E-state index in [2.05, 4.69) is 15.6 Å². The third-order valence-electron chi connectivity index (χ3n) is 5.31. The van der Waals surface area contributed by atoms with Crippen LogP contribution in [0.5, 0.6) is 5.75 Å². The number of hydrogen-bond acceptors (Lipinski definition) is 7. The van der Waals surface area contributed by atoms with Gasteiger partial charge in [-0.3, -0.25) is 9.59 Å². The fourth-order valence-electron chi connectivity index (χ4n) is 3.43. The number of halogens is 4. The monoisotopic (exact) mass is 655 g/mol. The molecule has 206 valence electrons. The molecule has 8 nitrogen and oxygen atoms in total. The Bertz CT molecular complexity index is 1610. The highest BCUT2D eigenvalue weighted by atomic mass is 35.5. The summed E-state index contributed by atoms with van der Waals surface area (Å²) in [6.07, 6.45) is 0. The number of aromatic carboxylic acids is 1. The van der Waals surface area contributed by atoms with Gasteiger partial charge in [-0.1, -0.05) is 52.5 Å². The Morgan fingerprint density at radius 3 is 2.27 bits per heavy atom. The molecule has 40 heavy (non-hydrogen) atoms. The van der Waals surface area contributed by atoms with E-state index in [0.717, 1.165) is 17.0 Å².